The summed E-state index contributed by atoms with van der Waals surface area (Å²) in [6.45, 7) is 2.30. The molecule has 2 aliphatic carbocycles. The molecule has 2 aliphatic rings. The van der Waals surface area contributed by atoms with Crippen LogP contribution in [-0.4, -0.2) is 0 Å². The van der Waals surface area contributed by atoms with E-state index in [2.05, 4.69) is 24.8 Å². The summed E-state index contributed by atoms with van der Waals surface area (Å²) in [5, 5.41) is 8.40. The van der Waals surface area contributed by atoms with E-state index in [4.69, 9.17) is 5.26 Å². The molecule has 0 bridgehead atoms. The Bertz CT molecular complexity index is 443. The van der Waals surface area contributed by atoms with E-state index in [1.165, 1.54) is 77.0 Å². The van der Waals surface area contributed by atoms with Crippen LogP contribution in [0.25, 0.3) is 0 Å². The molecule has 0 N–H and O–H groups in total. The van der Waals surface area contributed by atoms with Crippen LogP contribution in [0.5, 0.6) is 0 Å². The number of rotatable bonds is 6. The summed E-state index contributed by atoms with van der Waals surface area (Å²) in [7, 11) is 0. The van der Waals surface area contributed by atoms with Crippen LogP contribution in [0.15, 0.2) is 12.2 Å². The van der Waals surface area contributed by atoms with Gasteiger partial charge in [-0.3, -0.25) is 0 Å². The molecule has 1 nitrogen and oxygen atoms in total. The van der Waals surface area contributed by atoms with Crippen molar-refractivity contribution in [3.05, 3.63) is 12.2 Å². The van der Waals surface area contributed by atoms with Crippen molar-refractivity contribution < 1.29 is 0 Å². The Hall–Kier alpha value is -1.21. The van der Waals surface area contributed by atoms with Crippen molar-refractivity contribution in [2.24, 2.45) is 23.7 Å². The Balaban J connectivity index is 1.65. The zero-order chi connectivity index (χ0) is 16.3. The summed E-state index contributed by atoms with van der Waals surface area (Å²) < 4.78 is 0. The minimum Gasteiger partial charge on any atom is -0.183 e. The van der Waals surface area contributed by atoms with Crippen LogP contribution < -0.4 is 0 Å². The van der Waals surface area contributed by atoms with Gasteiger partial charge in [-0.15, -0.1) is 0 Å². The number of unbranched alkanes of at least 4 members (excludes halogenated alkanes) is 2. The Morgan fingerprint density at radius 1 is 0.913 bits per heavy atom. The number of allylic oxidation sites excluding steroid dienone is 2. The van der Waals surface area contributed by atoms with Crippen molar-refractivity contribution in [1.82, 2.24) is 0 Å². The molecular formula is C22H33N. The van der Waals surface area contributed by atoms with Crippen molar-refractivity contribution >= 4 is 0 Å². The fraction of sp³-hybridized carbons (Fsp3) is 0.773. The molecule has 126 valence electrons. The Kier molecular flexibility index (Phi) is 8.31. The molecule has 0 amide bonds. The average molecular weight is 312 g/mol. The summed E-state index contributed by atoms with van der Waals surface area (Å²) in [5.74, 6) is 8.97. The Morgan fingerprint density at radius 3 is 2.17 bits per heavy atom. The molecular weight excluding hydrogens is 278 g/mol. The lowest BCUT2D eigenvalue weighted by molar-refractivity contribution is 0.151. The van der Waals surface area contributed by atoms with Crippen LogP contribution >= 0.6 is 0 Å². The highest BCUT2D eigenvalue weighted by atomic mass is 14.4. The van der Waals surface area contributed by atoms with Crippen LogP contribution in [0, 0.1) is 46.8 Å². The van der Waals surface area contributed by atoms with E-state index in [-0.39, 0.29) is 0 Å². The van der Waals surface area contributed by atoms with Gasteiger partial charge in [0.25, 0.3) is 0 Å². The highest BCUT2D eigenvalue weighted by Crippen LogP contribution is 2.42. The molecule has 2 saturated carbocycles. The lowest BCUT2D eigenvalue weighted by Crippen LogP contribution is -2.25. The normalized spacial score (nSPS) is 31.3. The number of nitriles is 1. The Labute approximate surface area is 143 Å². The first-order valence-electron chi connectivity index (χ1n) is 9.89. The fourth-order valence-electron chi connectivity index (χ4n) is 4.70. The van der Waals surface area contributed by atoms with Gasteiger partial charge in [-0.05, 0) is 68.3 Å². The predicted octanol–water partition coefficient (Wildman–Crippen LogP) is 6.26. The molecule has 0 aromatic heterocycles. The second-order valence-corrected chi connectivity index (χ2v) is 7.69. The standard InChI is InChI=1S/C22H33N/c1-2-3-5-8-19-10-14-21(15-11-19)22-16-12-20(13-17-22)9-6-4-7-18-23/h6,9,19-22H,2-3,5,8,10-17H2,1H3. The molecule has 0 unspecified atom stereocenters. The van der Waals surface area contributed by atoms with Gasteiger partial charge in [0.1, 0.15) is 0 Å². The second-order valence-electron chi connectivity index (χ2n) is 7.69. The lowest BCUT2D eigenvalue weighted by Gasteiger charge is -2.37. The van der Waals surface area contributed by atoms with Crippen molar-refractivity contribution in [3.63, 3.8) is 0 Å². The van der Waals surface area contributed by atoms with Crippen LogP contribution in [0.1, 0.15) is 84.0 Å². The number of hydrogen-bond acceptors (Lipinski definition) is 1. The summed E-state index contributed by atoms with van der Waals surface area (Å²) in [5.41, 5.74) is 0. The summed E-state index contributed by atoms with van der Waals surface area (Å²) in [4.78, 5) is 0. The quantitative estimate of drug-likeness (QED) is 0.419. The van der Waals surface area contributed by atoms with E-state index in [1.807, 2.05) is 12.1 Å². The first kappa shape index (κ1) is 18.1. The van der Waals surface area contributed by atoms with Gasteiger partial charge in [0.15, 0.2) is 6.07 Å². The number of nitrogens with zero attached hydrogens (tertiary/aromatic N) is 1. The highest BCUT2D eigenvalue weighted by Gasteiger charge is 2.30. The molecule has 0 aromatic rings. The van der Waals surface area contributed by atoms with Crippen LogP contribution in [0.4, 0.5) is 0 Å². The third kappa shape index (κ3) is 6.43. The van der Waals surface area contributed by atoms with Crippen molar-refractivity contribution in [2.75, 3.05) is 0 Å². The molecule has 2 fully saturated rings. The maximum Gasteiger partial charge on any atom is 0.152 e. The molecule has 0 saturated heterocycles. The summed E-state index contributed by atoms with van der Waals surface area (Å²) in [6.07, 6.45) is 21.3. The zero-order valence-electron chi connectivity index (χ0n) is 14.9. The van der Waals surface area contributed by atoms with Crippen LogP contribution in [0.3, 0.4) is 0 Å². The minimum absolute atomic E-state index is 0.699. The topological polar surface area (TPSA) is 23.8 Å². The molecule has 0 aliphatic heterocycles. The predicted molar refractivity (Wildman–Crippen MR) is 97.6 cm³/mol. The molecule has 0 spiro atoms. The van der Waals surface area contributed by atoms with E-state index >= 15 is 0 Å². The lowest BCUT2D eigenvalue weighted by atomic mass is 9.68. The maximum absolute atomic E-state index is 8.40. The van der Waals surface area contributed by atoms with Gasteiger partial charge in [-0.25, -0.2) is 0 Å². The van der Waals surface area contributed by atoms with Gasteiger partial charge in [0.05, 0.1) is 0 Å². The van der Waals surface area contributed by atoms with E-state index in [0.29, 0.717) is 5.92 Å². The summed E-state index contributed by atoms with van der Waals surface area (Å²) in [6, 6.07) is 1.86. The maximum atomic E-state index is 8.40. The average Bonchev–Trinajstić information content (AvgIpc) is 2.60. The third-order valence-electron chi connectivity index (χ3n) is 6.17. The van der Waals surface area contributed by atoms with Gasteiger partial charge in [-0.2, -0.15) is 5.26 Å². The molecule has 0 heterocycles. The molecule has 1 heteroatoms. The minimum atomic E-state index is 0.699. The largest absolute Gasteiger partial charge is 0.183 e. The number of hydrogen-bond donors (Lipinski definition) is 0. The Morgan fingerprint density at radius 2 is 1.57 bits per heavy atom. The smallest absolute Gasteiger partial charge is 0.152 e. The molecule has 23 heavy (non-hydrogen) atoms. The van der Waals surface area contributed by atoms with E-state index in [9.17, 15) is 0 Å². The van der Waals surface area contributed by atoms with Crippen LogP contribution in [-0.2, 0) is 0 Å². The molecule has 2 rings (SSSR count). The van der Waals surface area contributed by atoms with Crippen molar-refractivity contribution in [1.29, 1.82) is 5.26 Å². The van der Waals surface area contributed by atoms with E-state index in [0.717, 1.165) is 17.8 Å². The first-order chi connectivity index (χ1) is 11.3. The first-order valence-corrected chi connectivity index (χ1v) is 9.89. The highest BCUT2D eigenvalue weighted by molar-refractivity contribution is 5.25. The zero-order valence-corrected chi connectivity index (χ0v) is 14.9. The third-order valence-corrected chi connectivity index (χ3v) is 6.17. The van der Waals surface area contributed by atoms with Crippen LogP contribution in [0.2, 0.25) is 0 Å². The molecule has 0 aromatic carbocycles. The van der Waals surface area contributed by atoms with Crippen molar-refractivity contribution in [2.45, 2.75) is 84.0 Å². The SMILES string of the molecule is CCCCCC1CCC(C2CCC(C=CC#CC#N)CC2)CC1. The van der Waals surface area contributed by atoms with Gasteiger partial charge in [0.2, 0.25) is 0 Å². The fourth-order valence-corrected chi connectivity index (χ4v) is 4.70. The van der Waals surface area contributed by atoms with E-state index < -0.39 is 0 Å². The van der Waals surface area contributed by atoms with Gasteiger partial charge in [0, 0.05) is 5.92 Å². The monoisotopic (exact) mass is 311 g/mol. The van der Waals surface area contributed by atoms with E-state index in [1.54, 1.807) is 0 Å². The summed E-state index contributed by atoms with van der Waals surface area (Å²) >= 11 is 0. The molecule has 0 atom stereocenters. The van der Waals surface area contributed by atoms with Gasteiger partial charge >= 0.3 is 0 Å². The van der Waals surface area contributed by atoms with Gasteiger partial charge < -0.3 is 0 Å². The second kappa shape index (κ2) is 10.5. The molecule has 0 radical (unpaired) electrons. The van der Waals surface area contributed by atoms with Gasteiger partial charge in [-0.1, -0.05) is 57.4 Å². The van der Waals surface area contributed by atoms with Crippen molar-refractivity contribution in [3.8, 4) is 17.9 Å².